The van der Waals surface area contributed by atoms with Crippen LogP contribution >= 0.6 is 0 Å². The molecule has 16 rings (SSSR count). The predicted molar refractivity (Wildman–Crippen MR) is 476 cm³/mol. The Labute approximate surface area is 687 Å². The van der Waals surface area contributed by atoms with Gasteiger partial charge in [0, 0.05) is 10.8 Å². The summed E-state index contributed by atoms with van der Waals surface area (Å²) in [6.07, 6.45) is 30.3. The van der Waals surface area contributed by atoms with E-state index in [1.54, 1.807) is 0 Å². The molecule has 0 unspecified atom stereocenters. The highest BCUT2D eigenvalue weighted by molar-refractivity contribution is 6.66. The second-order valence-electron chi connectivity index (χ2n) is 38.7. The first kappa shape index (κ1) is 82.3. The predicted octanol–water partition coefficient (Wildman–Crippen LogP) is 21.6. The van der Waals surface area contributed by atoms with Crippen molar-refractivity contribution in [1.29, 1.82) is 0 Å². The summed E-state index contributed by atoms with van der Waals surface area (Å²) in [6.45, 7) is 42.1. The normalized spacial score (nSPS) is 20.2. The van der Waals surface area contributed by atoms with Crippen LogP contribution in [0.5, 0.6) is 0 Å². The van der Waals surface area contributed by atoms with E-state index in [9.17, 15) is 0 Å². The van der Waals surface area contributed by atoms with Crippen molar-refractivity contribution in [3.8, 4) is 22.3 Å². The Balaban J connectivity index is 0.000000239. The highest BCUT2D eigenvalue weighted by Crippen LogP contribution is 2.58. The number of unbranched alkanes of at least 4 members (excludes halogenated alkanes) is 10. The van der Waals surface area contributed by atoms with Crippen LogP contribution in [0.4, 0.5) is 0 Å². The van der Waals surface area contributed by atoms with Crippen molar-refractivity contribution in [1.82, 2.24) is 0 Å². The molecule has 4 aliphatic heterocycles. The number of allylic oxidation sites excluding steroid dienone is 2. The Morgan fingerprint density at radius 3 is 0.746 bits per heavy atom. The van der Waals surface area contributed by atoms with E-state index in [1.165, 1.54) is 150 Å². The van der Waals surface area contributed by atoms with Gasteiger partial charge in [-0.2, -0.15) is 0 Å². The maximum Gasteiger partial charge on any atom is 0.495 e. The zero-order valence-electron chi connectivity index (χ0n) is 72.1. The first-order valence-electron chi connectivity index (χ1n) is 43.9. The molecule has 4 heterocycles. The smallest absolute Gasteiger partial charge is 0.399 e. The van der Waals surface area contributed by atoms with Crippen LogP contribution in [0.2, 0.25) is 0 Å². The van der Waals surface area contributed by atoms with Crippen LogP contribution in [0.25, 0.3) is 22.3 Å². The monoisotopic (exact) mass is 1520 g/mol. The van der Waals surface area contributed by atoms with Crippen molar-refractivity contribution in [3.63, 3.8) is 0 Å². The van der Waals surface area contributed by atoms with Crippen LogP contribution in [0.1, 0.15) is 291 Å². The molecule has 0 saturated carbocycles. The van der Waals surface area contributed by atoms with Gasteiger partial charge in [0.05, 0.1) is 44.8 Å². The van der Waals surface area contributed by atoms with Crippen LogP contribution in [-0.4, -0.2) is 73.3 Å². The fourth-order valence-corrected chi connectivity index (χ4v) is 19.4. The van der Waals surface area contributed by atoms with Gasteiger partial charge in [-0.15, -0.1) is 13.2 Å². The third-order valence-electron chi connectivity index (χ3n) is 29.4. The van der Waals surface area contributed by atoms with Crippen molar-refractivity contribution >= 4 is 50.3 Å². The molecule has 0 bridgehead atoms. The number of hydrogen-bond acceptors (Lipinski definition) is 8. The number of rotatable bonds is 30. The zero-order chi connectivity index (χ0) is 80.4. The molecule has 114 heavy (non-hydrogen) atoms. The van der Waals surface area contributed by atoms with E-state index in [-0.39, 0.29) is 47.5 Å². The molecule has 0 amide bonds. The van der Waals surface area contributed by atoms with Crippen LogP contribution in [0, 0.1) is 0 Å². The van der Waals surface area contributed by atoms with E-state index in [4.69, 9.17) is 37.2 Å². The maximum atomic E-state index is 6.94. The topological polar surface area (TPSA) is 73.8 Å². The van der Waals surface area contributed by atoms with E-state index in [2.05, 4.69) is 282 Å². The van der Waals surface area contributed by atoms with Crippen LogP contribution in [-0.2, 0) is 99.4 Å². The first-order chi connectivity index (χ1) is 54.3. The van der Waals surface area contributed by atoms with Crippen molar-refractivity contribution in [3.05, 3.63) is 261 Å². The van der Waals surface area contributed by atoms with Crippen molar-refractivity contribution < 1.29 is 37.2 Å². The van der Waals surface area contributed by atoms with Gasteiger partial charge in [-0.05, 0) is 348 Å². The summed E-state index contributed by atoms with van der Waals surface area (Å²) in [5.74, 6) is 0. The molecule has 12 heteroatoms. The van der Waals surface area contributed by atoms with Gasteiger partial charge < -0.3 is 37.2 Å². The minimum absolute atomic E-state index is 0.144. The molecule has 0 atom stereocenters. The van der Waals surface area contributed by atoms with Gasteiger partial charge >= 0.3 is 28.5 Å². The van der Waals surface area contributed by atoms with Gasteiger partial charge in [0.15, 0.2) is 0 Å². The Bertz CT molecular complexity index is 4410. The fourth-order valence-electron chi connectivity index (χ4n) is 19.4. The molecule has 596 valence electrons. The quantitative estimate of drug-likeness (QED) is 0.0250. The van der Waals surface area contributed by atoms with Crippen LogP contribution in [0.3, 0.4) is 0 Å². The number of aryl methyl sites for hydroxylation is 8. The minimum atomic E-state index is -0.454. The van der Waals surface area contributed by atoms with Crippen molar-refractivity contribution in [2.24, 2.45) is 0 Å². The summed E-state index contributed by atoms with van der Waals surface area (Å²) < 4.78 is 53.9. The molecular formula is C102H128B4O8. The van der Waals surface area contributed by atoms with E-state index < -0.39 is 36.6 Å². The summed E-state index contributed by atoms with van der Waals surface area (Å²) in [6, 6.07) is 61.3. The number of benzene rings is 8. The van der Waals surface area contributed by atoms with Gasteiger partial charge in [-0.3, -0.25) is 0 Å². The minimum Gasteiger partial charge on any atom is -0.399 e. The fraction of sp³-hybridized carbons (Fsp3) is 0.490. The van der Waals surface area contributed by atoms with Gasteiger partial charge in [0.25, 0.3) is 0 Å². The third kappa shape index (κ3) is 15.3. The molecule has 0 N–H and O–H groups in total. The van der Waals surface area contributed by atoms with E-state index in [1.807, 2.05) is 12.2 Å². The van der Waals surface area contributed by atoms with Crippen LogP contribution < -0.4 is 21.9 Å². The molecule has 8 aromatic rings. The molecule has 0 aromatic heterocycles. The Kier molecular flexibility index (Phi) is 23.2. The molecule has 0 spiro atoms. The second-order valence-corrected chi connectivity index (χ2v) is 38.7. The largest absolute Gasteiger partial charge is 0.495 e. The highest BCUT2D eigenvalue weighted by Gasteiger charge is 2.57. The van der Waals surface area contributed by atoms with Crippen molar-refractivity contribution in [2.75, 3.05) is 0 Å². The molecule has 4 fully saturated rings. The standard InChI is InChI=1S/C72H80B2O4.C30H48B2O4/c1-67(2)68(3,4)76-73(75-67)65-47-54(26-14-10-12-24-44-72(56-42-40-50-36-38-52(50)46-56)63-33-21-17-29-59(63)60-30-18-22-34-64(60)72)66(74-77-69(5,6)70(7,8)78-74)48-53(65)25-13-9-11-23-43-71(55-41-39-49-35-37-51(49)45-55)61-31-19-15-27-57(61)58-28-16-20-32-62(58)71;1-11-13-15-17-19-23-21-26(32-35-29(7,8)30(9,10)36-32)24(20-18-16-14-12-2)22-25(23)31-33-27(3,4)28(5,6)34-31/h15-22,27-34,39-42,45-48H,9-14,23-26,35-38,43-44H2,1-8H3;11-12,21-22H,1-2,13-20H2,3-10H3. The van der Waals surface area contributed by atoms with Gasteiger partial charge in [0.1, 0.15) is 0 Å². The Hall–Kier alpha value is -6.82. The zero-order valence-corrected chi connectivity index (χ0v) is 72.1. The average molecular weight is 1530 g/mol. The highest BCUT2D eigenvalue weighted by atomic mass is 16.7. The van der Waals surface area contributed by atoms with E-state index >= 15 is 0 Å². The maximum absolute atomic E-state index is 6.94. The lowest BCUT2D eigenvalue weighted by atomic mass is 9.67. The second kappa shape index (κ2) is 32.1. The van der Waals surface area contributed by atoms with Gasteiger partial charge in [-0.25, -0.2) is 0 Å². The Morgan fingerprint density at radius 1 is 0.272 bits per heavy atom. The van der Waals surface area contributed by atoms with Crippen LogP contribution in [0.15, 0.2) is 183 Å². The molecule has 4 saturated heterocycles. The van der Waals surface area contributed by atoms with Gasteiger partial charge in [0.2, 0.25) is 0 Å². The summed E-state index contributed by atoms with van der Waals surface area (Å²) in [4.78, 5) is 0. The van der Waals surface area contributed by atoms with Crippen molar-refractivity contribution in [2.45, 2.75) is 321 Å². The van der Waals surface area contributed by atoms with Gasteiger partial charge in [-0.1, -0.05) is 208 Å². The third-order valence-corrected chi connectivity index (χ3v) is 29.4. The molecule has 4 aliphatic carbocycles. The van der Waals surface area contributed by atoms with E-state index in [0.29, 0.717) is 0 Å². The molecular weight excluding hydrogens is 1400 g/mol. The lowest BCUT2D eigenvalue weighted by Crippen LogP contribution is -2.43. The molecule has 8 aromatic carbocycles. The summed E-state index contributed by atoms with van der Waals surface area (Å²) >= 11 is 0. The SMILES string of the molecule is C=CCCCCc1cc(B2OC(C)(C)C(C)(C)O2)c(CCCCC=C)cc1B1OC(C)(C)C(C)(C)O1.CC1(C)OB(c2cc(CCCCCCC3(c4ccc5c(c4)CC5)c4ccccc4-c4ccccc43)c(B3OC(C)(C)C(C)(C)O3)cc2CCCCCCC2(c3ccc4c(c3)CC4)c3ccccc3-c3ccccc32)OC1(C)C. The molecule has 8 nitrogen and oxygen atoms in total. The Morgan fingerprint density at radius 2 is 0.509 bits per heavy atom. The lowest BCUT2D eigenvalue weighted by Gasteiger charge is -2.35. The molecule has 8 aliphatic rings. The average Bonchev–Trinajstić information content (AvgIpc) is 1.55. The molecule has 0 radical (unpaired) electrons. The summed E-state index contributed by atoms with van der Waals surface area (Å²) in [7, 11) is -1.68. The number of hydrogen-bond donors (Lipinski definition) is 0. The first-order valence-corrected chi connectivity index (χ1v) is 43.9. The lowest BCUT2D eigenvalue weighted by molar-refractivity contribution is 0.00578. The number of fused-ring (bicyclic) bond motifs is 8. The summed E-state index contributed by atoms with van der Waals surface area (Å²) in [5.41, 5.74) is 26.6. The summed E-state index contributed by atoms with van der Waals surface area (Å²) in [5, 5.41) is 0. The van der Waals surface area contributed by atoms with E-state index in [0.717, 1.165) is 127 Å².